The molecule has 5 heteroatoms. The number of hydrogen-bond donors (Lipinski definition) is 3. The maximum absolute atomic E-state index is 8.29. The maximum atomic E-state index is 8.29. The summed E-state index contributed by atoms with van der Waals surface area (Å²) in [6.45, 7) is 3.87. The molecular weight excluding hydrogens is 140 g/mol. The van der Waals surface area contributed by atoms with Gasteiger partial charge in [0.2, 0.25) is 0 Å². The first-order valence-electron chi connectivity index (χ1n) is 2.73. The monoisotopic (exact) mass is 152 g/mol. The van der Waals surface area contributed by atoms with Crippen LogP contribution in [-0.4, -0.2) is 30.0 Å². The van der Waals surface area contributed by atoms with Gasteiger partial charge in [0, 0.05) is 6.61 Å². The van der Waals surface area contributed by atoms with Gasteiger partial charge in [0.25, 0.3) is 0 Å². The lowest BCUT2D eigenvalue weighted by atomic mass is 10.2. The van der Waals surface area contributed by atoms with Crippen molar-refractivity contribution in [1.82, 2.24) is 0 Å². The average Bonchev–Trinajstić information content (AvgIpc) is 1.59. The van der Waals surface area contributed by atoms with Crippen molar-refractivity contribution in [3.05, 3.63) is 0 Å². The van der Waals surface area contributed by atoms with Crippen molar-refractivity contribution >= 4 is 9.05 Å². The number of rotatable bonds is 3. The molecule has 0 aromatic rings. The molecule has 4 nitrogen and oxygen atoms in total. The van der Waals surface area contributed by atoms with Crippen LogP contribution in [0, 0.1) is 5.92 Å². The van der Waals surface area contributed by atoms with E-state index in [1.807, 2.05) is 13.8 Å². The van der Waals surface area contributed by atoms with Crippen LogP contribution < -0.4 is 0 Å². The van der Waals surface area contributed by atoms with Crippen LogP contribution in [0.5, 0.6) is 0 Å². The average molecular weight is 152 g/mol. The third kappa shape index (κ3) is 8.06. The second-order valence-electron chi connectivity index (χ2n) is 2.28. The van der Waals surface area contributed by atoms with Crippen molar-refractivity contribution in [2.24, 2.45) is 5.92 Å². The van der Waals surface area contributed by atoms with Crippen molar-refractivity contribution in [3.8, 4) is 0 Å². The van der Waals surface area contributed by atoms with Crippen molar-refractivity contribution in [2.75, 3.05) is 6.61 Å². The third-order valence-electron chi connectivity index (χ3n) is 0.610. The van der Waals surface area contributed by atoms with Gasteiger partial charge < -0.3 is 18.8 Å². The molecule has 0 aliphatic carbocycles. The summed E-state index contributed by atoms with van der Waals surface area (Å²) in [5.74, 6) is 0.198. The molecule has 0 atom stereocenters. The Bertz CT molecular complexity index is 77.1. The molecule has 0 rings (SSSR count). The third-order valence-corrected chi connectivity index (χ3v) is 1.16. The molecule has 56 valence electrons. The molecule has 9 heavy (non-hydrogen) atoms. The van der Waals surface area contributed by atoms with E-state index in [0.29, 0.717) is 0 Å². The van der Waals surface area contributed by atoms with E-state index in [1.54, 1.807) is 0 Å². The molecule has 0 heterocycles. The molecule has 0 aromatic heterocycles. The Morgan fingerprint density at radius 2 is 1.78 bits per heavy atom. The molecule has 0 saturated carbocycles. The van der Waals surface area contributed by atoms with Crippen LogP contribution in [-0.2, 0) is 4.43 Å². The summed E-state index contributed by atoms with van der Waals surface area (Å²) in [6.07, 6.45) is 0. The van der Waals surface area contributed by atoms with Crippen molar-refractivity contribution in [2.45, 2.75) is 13.8 Å². The van der Waals surface area contributed by atoms with Crippen LogP contribution in [0.2, 0.25) is 0 Å². The lowest BCUT2D eigenvalue weighted by Crippen LogP contribution is -2.39. The molecule has 0 spiro atoms. The Balaban J connectivity index is 3.28. The fourth-order valence-electron chi connectivity index (χ4n) is 0.278. The number of hydrogen-bond acceptors (Lipinski definition) is 4. The quantitative estimate of drug-likeness (QED) is 0.457. The Morgan fingerprint density at radius 1 is 1.33 bits per heavy atom. The van der Waals surface area contributed by atoms with Crippen LogP contribution in [0.4, 0.5) is 0 Å². The van der Waals surface area contributed by atoms with E-state index in [0.717, 1.165) is 0 Å². The van der Waals surface area contributed by atoms with E-state index in [1.165, 1.54) is 0 Å². The highest BCUT2D eigenvalue weighted by atomic mass is 28.4. The van der Waals surface area contributed by atoms with Crippen LogP contribution >= 0.6 is 0 Å². The van der Waals surface area contributed by atoms with Crippen LogP contribution in [0.25, 0.3) is 0 Å². The lowest BCUT2D eigenvalue weighted by molar-refractivity contribution is 0.0531. The summed E-state index contributed by atoms with van der Waals surface area (Å²) in [5, 5.41) is 0. The van der Waals surface area contributed by atoms with Crippen molar-refractivity contribution in [3.63, 3.8) is 0 Å². The lowest BCUT2D eigenvalue weighted by Gasteiger charge is -2.10. The van der Waals surface area contributed by atoms with Gasteiger partial charge in [0.1, 0.15) is 0 Å². The maximum Gasteiger partial charge on any atom is 0.671 e. The summed E-state index contributed by atoms with van der Waals surface area (Å²) in [7, 11) is -4.22. The Labute approximate surface area is 55.2 Å². The highest BCUT2D eigenvalue weighted by Crippen LogP contribution is 1.96. The standard InChI is InChI=1S/C4H12O4Si/c1-4(2)3-8-9(5,6)7/h4-7H,3H2,1-2H3. The van der Waals surface area contributed by atoms with Crippen molar-refractivity contribution in [1.29, 1.82) is 0 Å². The summed E-state index contributed by atoms with van der Waals surface area (Å²) >= 11 is 0. The van der Waals surface area contributed by atoms with E-state index in [2.05, 4.69) is 4.43 Å². The largest absolute Gasteiger partial charge is 0.671 e. The zero-order valence-electron chi connectivity index (χ0n) is 5.53. The minimum absolute atomic E-state index is 0.176. The minimum atomic E-state index is -4.22. The molecule has 0 unspecified atom stereocenters. The summed E-state index contributed by atoms with van der Waals surface area (Å²) < 4.78 is 4.30. The normalized spacial score (nSPS) is 12.7. The van der Waals surface area contributed by atoms with Crippen molar-refractivity contribution < 1.29 is 18.8 Å². The molecule has 0 aromatic carbocycles. The Morgan fingerprint density at radius 3 is 1.89 bits per heavy atom. The SMILES string of the molecule is CC(C)CO[Si](O)(O)O. The van der Waals surface area contributed by atoms with Gasteiger partial charge in [-0.1, -0.05) is 13.8 Å². The summed E-state index contributed by atoms with van der Waals surface area (Å²) in [4.78, 5) is 24.9. The van der Waals surface area contributed by atoms with Crippen LogP contribution in [0.1, 0.15) is 13.8 Å². The fraction of sp³-hybridized carbons (Fsp3) is 1.00. The zero-order chi connectivity index (χ0) is 7.49. The first-order chi connectivity index (χ1) is 3.92. The van der Waals surface area contributed by atoms with Gasteiger partial charge in [-0.25, -0.2) is 0 Å². The van der Waals surface area contributed by atoms with Gasteiger partial charge in [0.05, 0.1) is 0 Å². The second kappa shape index (κ2) is 3.28. The van der Waals surface area contributed by atoms with E-state index in [-0.39, 0.29) is 12.5 Å². The summed E-state index contributed by atoms with van der Waals surface area (Å²) in [5.41, 5.74) is 0. The second-order valence-corrected chi connectivity index (χ2v) is 3.72. The summed E-state index contributed by atoms with van der Waals surface area (Å²) in [6, 6.07) is 0. The smallest absolute Gasteiger partial charge is 0.368 e. The molecule has 0 bridgehead atoms. The minimum Gasteiger partial charge on any atom is -0.368 e. The predicted molar refractivity (Wildman–Crippen MR) is 33.2 cm³/mol. The molecule has 0 amide bonds. The van der Waals surface area contributed by atoms with Gasteiger partial charge in [-0.15, -0.1) is 0 Å². The van der Waals surface area contributed by atoms with Gasteiger partial charge in [-0.3, -0.25) is 0 Å². The highest BCUT2D eigenvalue weighted by Gasteiger charge is 2.30. The van der Waals surface area contributed by atoms with E-state index in [9.17, 15) is 0 Å². The topological polar surface area (TPSA) is 69.9 Å². The molecule has 0 saturated heterocycles. The zero-order valence-corrected chi connectivity index (χ0v) is 6.53. The first kappa shape index (κ1) is 9.06. The van der Waals surface area contributed by atoms with Gasteiger partial charge in [-0.05, 0) is 5.92 Å². The Hall–Kier alpha value is 0.0569. The molecule has 0 aliphatic rings. The molecule has 0 fully saturated rings. The van der Waals surface area contributed by atoms with Gasteiger partial charge in [0.15, 0.2) is 0 Å². The van der Waals surface area contributed by atoms with E-state index < -0.39 is 9.05 Å². The first-order valence-corrected chi connectivity index (χ1v) is 4.48. The van der Waals surface area contributed by atoms with E-state index in [4.69, 9.17) is 14.4 Å². The van der Waals surface area contributed by atoms with Gasteiger partial charge >= 0.3 is 9.05 Å². The highest BCUT2D eigenvalue weighted by molar-refractivity contribution is 6.48. The van der Waals surface area contributed by atoms with E-state index >= 15 is 0 Å². The van der Waals surface area contributed by atoms with Crippen LogP contribution in [0.3, 0.4) is 0 Å². The fourth-order valence-corrected chi connectivity index (χ4v) is 0.835. The predicted octanol–water partition coefficient (Wildman–Crippen LogP) is -0.928. The molecule has 3 N–H and O–H groups in total. The molecule has 0 radical (unpaired) electrons. The Kier molecular flexibility index (Phi) is 3.30. The molecular formula is C4H12O4Si. The van der Waals surface area contributed by atoms with Gasteiger partial charge in [-0.2, -0.15) is 0 Å². The molecule has 0 aliphatic heterocycles. The van der Waals surface area contributed by atoms with Crippen LogP contribution in [0.15, 0.2) is 0 Å².